The monoisotopic (exact) mass is 367 g/mol. The minimum Gasteiger partial charge on any atom is -0.335 e. The number of benzene rings is 1. The molecule has 26 heavy (non-hydrogen) atoms. The zero-order valence-electron chi connectivity index (χ0n) is 14.3. The molecule has 1 aromatic carbocycles. The largest absolute Gasteiger partial charge is 0.335 e. The number of aryl methyl sites for hydroxylation is 2. The Kier molecular flexibility index (Phi) is 3.77. The maximum Gasteiger partial charge on any atom is 0.261 e. The molecule has 0 spiro atoms. The Morgan fingerprint density at radius 3 is 2.50 bits per heavy atom. The summed E-state index contributed by atoms with van der Waals surface area (Å²) >= 11 is 0. The van der Waals surface area contributed by atoms with Gasteiger partial charge in [0.2, 0.25) is 0 Å². The molecule has 3 aromatic heterocycles. The highest BCUT2D eigenvalue weighted by Crippen LogP contribution is 2.35. The number of sulfonamides is 1. The quantitative estimate of drug-likeness (QED) is 0.601. The van der Waals surface area contributed by atoms with Gasteiger partial charge in [-0.1, -0.05) is 18.2 Å². The molecular formula is C18H17N5O2S. The predicted molar refractivity (Wildman–Crippen MR) is 100 cm³/mol. The lowest BCUT2D eigenvalue weighted by Crippen LogP contribution is -2.13. The first-order valence-corrected chi connectivity index (χ1v) is 9.45. The van der Waals surface area contributed by atoms with Gasteiger partial charge < -0.3 is 4.57 Å². The number of anilines is 1. The highest BCUT2D eigenvalue weighted by molar-refractivity contribution is 7.92. The molecule has 132 valence electrons. The van der Waals surface area contributed by atoms with E-state index in [-0.39, 0.29) is 4.90 Å². The third kappa shape index (κ3) is 2.74. The fraction of sp³-hybridized carbons (Fsp3) is 0.111. The molecule has 0 atom stereocenters. The lowest BCUT2D eigenvalue weighted by atomic mass is 10.1. The molecule has 8 heteroatoms. The molecule has 0 aliphatic carbocycles. The first-order valence-electron chi connectivity index (χ1n) is 7.96. The molecule has 0 saturated heterocycles. The van der Waals surface area contributed by atoms with Crippen molar-refractivity contribution in [2.75, 3.05) is 4.72 Å². The highest BCUT2D eigenvalue weighted by atomic mass is 32.2. The Hall–Kier alpha value is -3.13. The summed E-state index contributed by atoms with van der Waals surface area (Å²) < 4.78 is 31.8. The first-order chi connectivity index (χ1) is 12.5. The minimum absolute atomic E-state index is 0.212. The van der Waals surface area contributed by atoms with Crippen LogP contribution in [0.1, 0.15) is 0 Å². The zero-order chi connectivity index (χ0) is 18.3. The van der Waals surface area contributed by atoms with Crippen LogP contribution in [0.5, 0.6) is 0 Å². The number of hydrogen-bond donors (Lipinski definition) is 1. The van der Waals surface area contributed by atoms with Crippen molar-refractivity contribution in [3.05, 3.63) is 61.2 Å². The van der Waals surface area contributed by atoms with Crippen LogP contribution in [0.25, 0.3) is 22.2 Å². The van der Waals surface area contributed by atoms with E-state index in [0.717, 1.165) is 16.5 Å². The number of nitrogens with one attached hydrogen (secondary N) is 1. The number of fused-ring (bicyclic) bond motifs is 1. The van der Waals surface area contributed by atoms with Crippen molar-refractivity contribution in [2.24, 2.45) is 14.1 Å². The maximum atomic E-state index is 12.7. The molecule has 0 saturated carbocycles. The topological polar surface area (TPSA) is 81.8 Å². The Morgan fingerprint density at radius 1 is 1.04 bits per heavy atom. The van der Waals surface area contributed by atoms with Gasteiger partial charge in [0, 0.05) is 43.8 Å². The molecule has 3 heterocycles. The van der Waals surface area contributed by atoms with Gasteiger partial charge in [0.15, 0.2) is 0 Å². The van der Waals surface area contributed by atoms with Crippen LogP contribution < -0.4 is 4.72 Å². The Bertz CT molecular complexity index is 1190. The second-order valence-corrected chi connectivity index (χ2v) is 7.71. The molecular weight excluding hydrogens is 350 g/mol. The summed E-state index contributed by atoms with van der Waals surface area (Å²) in [6, 6.07) is 9.96. The molecule has 4 aromatic rings. The summed E-state index contributed by atoms with van der Waals surface area (Å²) in [7, 11) is 0.0217. The van der Waals surface area contributed by atoms with Crippen molar-refractivity contribution in [3.8, 4) is 11.1 Å². The van der Waals surface area contributed by atoms with E-state index in [4.69, 9.17) is 0 Å². The van der Waals surface area contributed by atoms with Gasteiger partial charge in [-0.15, -0.1) is 0 Å². The van der Waals surface area contributed by atoms with Gasteiger partial charge in [0.05, 0.1) is 22.2 Å². The summed E-state index contributed by atoms with van der Waals surface area (Å²) in [5.41, 5.74) is 2.94. The van der Waals surface area contributed by atoms with Crippen molar-refractivity contribution in [1.29, 1.82) is 0 Å². The molecule has 0 aliphatic heterocycles. The molecule has 0 amide bonds. The van der Waals surface area contributed by atoms with Crippen LogP contribution in [0, 0.1) is 0 Å². The van der Waals surface area contributed by atoms with Crippen molar-refractivity contribution in [2.45, 2.75) is 4.90 Å². The Balaban J connectivity index is 1.88. The van der Waals surface area contributed by atoms with Gasteiger partial charge >= 0.3 is 0 Å². The number of pyridine rings is 1. The summed E-state index contributed by atoms with van der Waals surface area (Å²) in [4.78, 5) is 4.61. The third-order valence-corrected chi connectivity index (χ3v) is 5.55. The van der Waals surface area contributed by atoms with Gasteiger partial charge in [0.1, 0.15) is 5.65 Å². The minimum atomic E-state index is -3.70. The average Bonchev–Trinajstić information content (AvgIpc) is 3.20. The zero-order valence-corrected chi connectivity index (χ0v) is 15.1. The van der Waals surface area contributed by atoms with E-state index in [1.165, 1.54) is 0 Å². The Morgan fingerprint density at radius 2 is 1.81 bits per heavy atom. The molecule has 7 nitrogen and oxygen atoms in total. The van der Waals surface area contributed by atoms with E-state index >= 15 is 0 Å². The second-order valence-electron chi connectivity index (χ2n) is 6.03. The third-order valence-electron chi connectivity index (χ3n) is 4.17. The molecule has 1 N–H and O–H groups in total. The van der Waals surface area contributed by atoms with Crippen LogP contribution in [0.15, 0.2) is 66.1 Å². The normalized spacial score (nSPS) is 11.8. The summed E-state index contributed by atoms with van der Waals surface area (Å²) in [5.74, 6) is 0. The summed E-state index contributed by atoms with van der Waals surface area (Å²) in [6.45, 7) is 0. The average molecular weight is 367 g/mol. The number of rotatable bonds is 4. The standard InChI is InChI=1S/C18H17N5O2S/c1-22-12-15(13-10-20-23(2)11-13)17-16(8-9-19-18(17)22)21-26(24,25)14-6-4-3-5-7-14/h3-12H,1-2H3,(H,19,21). The van der Waals surface area contributed by atoms with Gasteiger partial charge in [-0.2, -0.15) is 5.10 Å². The lowest BCUT2D eigenvalue weighted by molar-refractivity contribution is 0.601. The molecule has 4 rings (SSSR count). The van der Waals surface area contributed by atoms with E-state index in [1.807, 2.05) is 31.1 Å². The molecule has 0 bridgehead atoms. The van der Waals surface area contributed by atoms with E-state index in [0.29, 0.717) is 11.3 Å². The molecule has 0 fully saturated rings. The molecule has 0 unspecified atom stereocenters. The highest BCUT2D eigenvalue weighted by Gasteiger charge is 2.19. The van der Waals surface area contributed by atoms with E-state index in [9.17, 15) is 8.42 Å². The van der Waals surface area contributed by atoms with Crippen molar-refractivity contribution in [1.82, 2.24) is 19.3 Å². The first kappa shape index (κ1) is 16.3. The second kappa shape index (κ2) is 5.99. The van der Waals surface area contributed by atoms with Crippen LogP contribution in [-0.4, -0.2) is 27.7 Å². The van der Waals surface area contributed by atoms with E-state index < -0.39 is 10.0 Å². The van der Waals surface area contributed by atoms with Crippen LogP contribution in [-0.2, 0) is 24.1 Å². The molecule has 0 aliphatic rings. The van der Waals surface area contributed by atoms with Gasteiger partial charge in [-0.25, -0.2) is 13.4 Å². The Labute approximate surface area is 151 Å². The molecule has 0 radical (unpaired) electrons. The van der Waals surface area contributed by atoms with Crippen LogP contribution in [0.4, 0.5) is 5.69 Å². The number of nitrogens with zero attached hydrogens (tertiary/aromatic N) is 4. The van der Waals surface area contributed by atoms with Gasteiger partial charge in [-0.05, 0) is 18.2 Å². The maximum absolute atomic E-state index is 12.7. The fourth-order valence-electron chi connectivity index (χ4n) is 2.97. The van der Waals surface area contributed by atoms with Gasteiger partial charge in [0.25, 0.3) is 10.0 Å². The summed E-state index contributed by atoms with van der Waals surface area (Å²) in [6.07, 6.45) is 7.15. The fourth-order valence-corrected chi connectivity index (χ4v) is 4.06. The smallest absolute Gasteiger partial charge is 0.261 e. The van der Waals surface area contributed by atoms with E-state index in [2.05, 4.69) is 14.8 Å². The summed E-state index contributed by atoms with van der Waals surface area (Å²) in [5, 5.41) is 4.95. The van der Waals surface area contributed by atoms with Crippen molar-refractivity contribution >= 4 is 26.7 Å². The number of aromatic nitrogens is 4. The van der Waals surface area contributed by atoms with Crippen molar-refractivity contribution in [3.63, 3.8) is 0 Å². The predicted octanol–water partition coefficient (Wildman–Crippen LogP) is 2.77. The van der Waals surface area contributed by atoms with Gasteiger partial charge in [-0.3, -0.25) is 9.40 Å². The van der Waals surface area contributed by atoms with Crippen LogP contribution >= 0.6 is 0 Å². The number of hydrogen-bond acceptors (Lipinski definition) is 4. The van der Waals surface area contributed by atoms with E-state index in [1.54, 1.807) is 53.5 Å². The lowest BCUT2D eigenvalue weighted by Gasteiger charge is -2.10. The van der Waals surface area contributed by atoms with Crippen molar-refractivity contribution < 1.29 is 8.42 Å². The van der Waals surface area contributed by atoms with Crippen LogP contribution in [0.3, 0.4) is 0 Å². The van der Waals surface area contributed by atoms with Crippen LogP contribution in [0.2, 0.25) is 0 Å². The SMILES string of the molecule is Cn1cc(-c2cn(C)c3nccc(NS(=O)(=O)c4ccccc4)c23)cn1.